The van der Waals surface area contributed by atoms with E-state index in [2.05, 4.69) is 39.1 Å². The van der Waals surface area contributed by atoms with Gasteiger partial charge in [-0.05, 0) is 65.4 Å². The maximum atomic E-state index is 12.3. The van der Waals surface area contributed by atoms with Gasteiger partial charge >= 0.3 is 5.97 Å². The number of aromatic carboxylic acids is 1. The molecular weight excluding hydrogens is 416 g/mol. The summed E-state index contributed by atoms with van der Waals surface area (Å²) in [6.45, 7) is 0. The number of benzene rings is 3. The molecule has 7 nitrogen and oxygen atoms in total. The van der Waals surface area contributed by atoms with Gasteiger partial charge in [0, 0.05) is 24.1 Å². The lowest BCUT2D eigenvalue weighted by atomic mass is 9.82. The molecule has 4 aromatic rings. The number of anilines is 2. The third-order valence-electron chi connectivity index (χ3n) is 6.22. The molecule has 3 N–H and O–H groups in total. The molecule has 164 valence electrons. The number of carboxylic acids is 1. The Morgan fingerprint density at radius 3 is 2.45 bits per heavy atom. The first-order valence-corrected chi connectivity index (χ1v) is 10.8. The predicted molar refractivity (Wildman–Crippen MR) is 126 cm³/mol. The topological polar surface area (TPSA) is 109 Å². The number of fused-ring (bicyclic) bond motifs is 2. The van der Waals surface area contributed by atoms with Gasteiger partial charge < -0.3 is 15.7 Å². The van der Waals surface area contributed by atoms with Crippen LogP contribution in [0, 0.1) is 0 Å². The summed E-state index contributed by atoms with van der Waals surface area (Å²) in [7, 11) is 0. The molecule has 0 aliphatic heterocycles. The SMILES string of the molecule is NC(=O)c1c(C(=O)O)ccc2c1CC(N(c1ccc3ccccc3c1)c1ncccn1)CC2. The lowest BCUT2D eigenvalue weighted by Gasteiger charge is -2.36. The minimum absolute atomic E-state index is 0.0601. The van der Waals surface area contributed by atoms with E-state index in [4.69, 9.17) is 5.73 Å². The van der Waals surface area contributed by atoms with Gasteiger partial charge in [-0.1, -0.05) is 36.4 Å². The monoisotopic (exact) mass is 438 g/mol. The van der Waals surface area contributed by atoms with Crippen LogP contribution in [0.15, 0.2) is 73.1 Å². The molecule has 0 saturated carbocycles. The molecule has 0 bridgehead atoms. The maximum Gasteiger partial charge on any atom is 0.336 e. The zero-order valence-electron chi connectivity index (χ0n) is 17.8. The standard InChI is InChI=1S/C26H22N4O3/c27-24(31)23-21(25(32)33)11-8-17-7-10-20(15-22(17)23)30(26-28-12-3-13-29-26)19-9-6-16-4-1-2-5-18(16)14-19/h1-6,8-9,11-14,20H,7,10,15H2,(H2,27,31)(H,32,33). The average Bonchev–Trinajstić information content (AvgIpc) is 2.83. The molecule has 1 aliphatic rings. The van der Waals surface area contributed by atoms with Crippen LogP contribution in [0.5, 0.6) is 0 Å². The van der Waals surface area contributed by atoms with Crippen molar-refractivity contribution in [2.24, 2.45) is 5.73 Å². The minimum Gasteiger partial charge on any atom is -0.478 e. The zero-order chi connectivity index (χ0) is 22.9. The fourth-order valence-corrected chi connectivity index (χ4v) is 4.73. The molecule has 0 saturated heterocycles. The maximum absolute atomic E-state index is 12.3. The van der Waals surface area contributed by atoms with Crippen molar-refractivity contribution in [3.63, 3.8) is 0 Å². The second-order valence-electron chi connectivity index (χ2n) is 8.14. The van der Waals surface area contributed by atoms with Crippen molar-refractivity contribution in [1.29, 1.82) is 0 Å². The highest BCUT2D eigenvalue weighted by molar-refractivity contribution is 6.05. The summed E-state index contributed by atoms with van der Waals surface area (Å²) in [6.07, 6.45) is 5.34. The number of nitrogens with zero attached hydrogens (tertiary/aromatic N) is 3. The first kappa shape index (κ1) is 20.6. The Balaban J connectivity index is 1.63. The third-order valence-corrected chi connectivity index (χ3v) is 6.22. The first-order chi connectivity index (χ1) is 16.0. The molecule has 0 radical (unpaired) electrons. The molecule has 1 aromatic heterocycles. The van der Waals surface area contributed by atoms with E-state index >= 15 is 0 Å². The van der Waals surface area contributed by atoms with E-state index < -0.39 is 11.9 Å². The van der Waals surface area contributed by atoms with Gasteiger partial charge in [-0.3, -0.25) is 4.79 Å². The van der Waals surface area contributed by atoms with Crippen LogP contribution in [0.2, 0.25) is 0 Å². The summed E-state index contributed by atoms with van der Waals surface area (Å²) in [5.74, 6) is -1.33. The molecular formula is C26H22N4O3. The average molecular weight is 438 g/mol. The number of carboxylic acid groups (broad SMARTS) is 1. The number of amides is 1. The molecule has 0 fully saturated rings. The summed E-state index contributed by atoms with van der Waals surface area (Å²) < 4.78 is 0. The highest BCUT2D eigenvalue weighted by Crippen LogP contribution is 2.35. The number of carbonyl (C=O) groups is 2. The third kappa shape index (κ3) is 3.78. The number of hydrogen-bond acceptors (Lipinski definition) is 5. The lowest BCUT2D eigenvalue weighted by Crippen LogP contribution is -2.38. The quantitative estimate of drug-likeness (QED) is 0.485. The molecule has 1 unspecified atom stereocenters. The number of nitrogens with two attached hydrogens (primary N) is 1. The largest absolute Gasteiger partial charge is 0.478 e. The van der Waals surface area contributed by atoms with E-state index in [0.29, 0.717) is 24.4 Å². The molecule has 3 aromatic carbocycles. The van der Waals surface area contributed by atoms with Crippen LogP contribution in [0.1, 0.15) is 38.3 Å². The summed E-state index contributed by atoms with van der Waals surface area (Å²) >= 11 is 0. The van der Waals surface area contributed by atoms with E-state index in [1.54, 1.807) is 24.5 Å². The Hall–Kier alpha value is -4.26. The van der Waals surface area contributed by atoms with Crippen molar-refractivity contribution < 1.29 is 14.7 Å². The van der Waals surface area contributed by atoms with E-state index in [9.17, 15) is 14.7 Å². The highest BCUT2D eigenvalue weighted by atomic mass is 16.4. The second-order valence-corrected chi connectivity index (χ2v) is 8.14. The van der Waals surface area contributed by atoms with Gasteiger partial charge in [0.25, 0.3) is 0 Å². The number of primary amides is 1. The van der Waals surface area contributed by atoms with E-state index in [1.165, 1.54) is 6.07 Å². The molecule has 7 heteroatoms. The van der Waals surface area contributed by atoms with Crippen LogP contribution in [-0.2, 0) is 12.8 Å². The highest BCUT2D eigenvalue weighted by Gasteiger charge is 2.31. The van der Waals surface area contributed by atoms with Crippen molar-refractivity contribution in [2.45, 2.75) is 25.3 Å². The van der Waals surface area contributed by atoms with E-state index in [0.717, 1.165) is 28.4 Å². The molecule has 1 atom stereocenters. The van der Waals surface area contributed by atoms with E-state index in [1.807, 2.05) is 18.2 Å². The number of carbonyl (C=O) groups excluding carboxylic acids is 1. The fourth-order valence-electron chi connectivity index (χ4n) is 4.73. The number of rotatable bonds is 5. The molecule has 1 amide bonds. The Morgan fingerprint density at radius 1 is 0.970 bits per heavy atom. The van der Waals surface area contributed by atoms with Crippen molar-refractivity contribution >= 4 is 34.3 Å². The van der Waals surface area contributed by atoms with Crippen LogP contribution in [0.4, 0.5) is 11.6 Å². The molecule has 1 aliphatic carbocycles. The molecule has 33 heavy (non-hydrogen) atoms. The molecule has 1 heterocycles. The van der Waals surface area contributed by atoms with Gasteiger partial charge in [-0.15, -0.1) is 0 Å². The van der Waals surface area contributed by atoms with Crippen LogP contribution in [-0.4, -0.2) is 33.0 Å². The molecule has 5 rings (SSSR count). The van der Waals surface area contributed by atoms with E-state index in [-0.39, 0.29) is 17.2 Å². The van der Waals surface area contributed by atoms with Gasteiger partial charge in [0.2, 0.25) is 11.9 Å². The Bertz CT molecular complexity index is 1370. The van der Waals surface area contributed by atoms with Crippen LogP contribution in [0.25, 0.3) is 10.8 Å². The Labute approximate surface area is 190 Å². The van der Waals surface area contributed by atoms with Crippen LogP contribution >= 0.6 is 0 Å². The number of hydrogen-bond donors (Lipinski definition) is 2. The number of aromatic nitrogens is 2. The Morgan fingerprint density at radius 2 is 1.73 bits per heavy atom. The van der Waals surface area contributed by atoms with Crippen LogP contribution < -0.4 is 10.6 Å². The van der Waals surface area contributed by atoms with Crippen molar-refractivity contribution in [1.82, 2.24) is 9.97 Å². The normalized spacial score (nSPS) is 15.1. The van der Waals surface area contributed by atoms with Crippen molar-refractivity contribution in [2.75, 3.05) is 4.90 Å². The fraction of sp³-hybridized carbons (Fsp3) is 0.154. The van der Waals surface area contributed by atoms with Gasteiger partial charge in [0.1, 0.15) is 0 Å². The lowest BCUT2D eigenvalue weighted by molar-refractivity contribution is 0.0691. The minimum atomic E-state index is -1.16. The van der Waals surface area contributed by atoms with Gasteiger partial charge in [0.05, 0.1) is 11.1 Å². The number of aryl methyl sites for hydroxylation is 1. The summed E-state index contributed by atoms with van der Waals surface area (Å²) in [4.78, 5) is 35.1. The van der Waals surface area contributed by atoms with Gasteiger partial charge in [-0.25, -0.2) is 14.8 Å². The van der Waals surface area contributed by atoms with Crippen molar-refractivity contribution in [3.8, 4) is 0 Å². The summed E-state index contributed by atoms with van der Waals surface area (Å²) in [5, 5.41) is 11.8. The first-order valence-electron chi connectivity index (χ1n) is 10.8. The predicted octanol–water partition coefficient (Wildman–Crippen LogP) is 4.12. The second kappa shape index (κ2) is 8.35. The smallest absolute Gasteiger partial charge is 0.336 e. The summed E-state index contributed by atoms with van der Waals surface area (Å²) in [6, 6.07) is 19.3. The van der Waals surface area contributed by atoms with Crippen molar-refractivity contribution in [3.05, 3.63) is 95.3 Å². The Kier molecular flexibility index (Phi) is 5.22. The van der Waals surface area contributed by atoms with Crippen LogP contribution in [0.3, 0.4) is 0 Å². The zero-order valence-corrected chi connectivity index (χ0v) is 17.8. The summed E-state index contributed by atoms with van der Waals surface area (Å²) in [5.41, 5.74) is 8.26. The van der Waals surface area contributed by atoms with Gasteiger partial charge in [-0.2, -0.15) is 0 Å². The molecule has 0 spiro atoms. The van der Waals surface area contributed by atoms with Gasteiger partial charge in [0.15, 0.2) is 0 Å².